The molecule has 0 saturated heterocycles. The molecule has 0 radical (unpaired) electrons. The molecule has 1 aliphatic rings. The van der Waals surface area contributed by atoms with E-state index in [1.165, 1.54) is 18.2 Å². The summed E-state index contributed by atoms with van der Waals surface area (Å²) < 4.78 is 19.2. The monoisotopic (exact) mass is 404 g/mol. The predicted molar refractivity (Wildman–Crippen MR) is 106 cm³/mol. The Morgan fingerprint density at radius 2 is 1.96 bits per heavy atom. The van der Waals surface area contributed by atoms with E-state index in [-0.39, 0.29) is 24.7 Å². The molecule has 0 aliphatic carbocycles. The van der Waals surface area contributed by atoms with Crippen LogP contribution < -0.4 is 10.5 Å². The van der Waals surface area contributed by atoms with E-state index < -0.39 is 5.82 Å². The van der Waals surface area contributed by atoms with Crippen molar-refractivity contribution in [2.75, 3.05) is 19.7 Å². The van der Waals surface area contributed by atoms with Crippen molar-refractivity contribution in [2.45, 2.75) is 27.2 Å². The summed E-state index contributed by atoms with van der Waals surface area (Å²) in [5.74, 6) is -0.0450. The van der Waals surface area contributed by atoms with Crippen LogP contribution in [0.15, 0.2) is 23.9 Å². The van der Waals surface area contributed by atoms with E-state index in [0.717, 1.165) is 6.42 Å². The van der Waals surface area contributed by atoms with Gasteiger partial charge in [-0.3, -0.25) is 4.79 Å². The first kappa shape index (κ1) is 20.1. The molecule has 1 aliphatic heterocycles. The van der Waals surface area contributed by atoms with Crippen LogP contribution in [0.2, 0.25) is 5.02 Å². The summed E-state index contributed by atoms with van der Waals surface area (Å²) in [4.78, 5) is 23.4. The maximum absolute atomic E-state index is 13.6. The molecule has 2 N–H and O–H groups in total. The Hall–Kier alpha value is -2.67. The van der Waals surface area contributed by atoms with Gasteiger partial charge in [-0.05, 0) is 32.4 Å². The van der Waals surface area contributed by atoms with Crippen molar-refractivity contribution in [2.24, 2.45) is 5.73 Å². The number of ether oxygens (including phenoxy) is 1. The van der Waals surface area contributed by atoms with Crippen molar-refractivity contribution >= 4 is 23.1 Å². The summed E-state index contributed by atoms with van der Waals surface area (Å²) in [5.41, 5.74) is 9.00. The van der Waals surface area contributed by atoms with Gasteiger partial charge in [0, 0.05) is 17.3 Å². The highest BCUT2D eigenvalue weighted by atomic mass is 35.5. The molecular weight excluding hydrogens is 383 g/mol. The fourth-order valence-electron chi connectivity index (χ4n) is 3.02. The first-order valence-corrected chi connectivity index (χ1v) is 9.39. The lowest BCUT2D eigenvalue weighted by Crippen LogP contribution is -2.30. The zero-order chi connectivity index (χ0) is 20.4. The minimum atomic E-state index is -0.456. The minimum Gasteiger partial charge on any atom is -0.493 e. The van der Waals surface area contributed by atoms with E-state index >= 15 is 0 Å². The molecular formula is C20H22ClFN4O2. The molecule has 2 aromatic rings. The Labute approximate surface area is 168 Å². The van der Waals surface area contributed by atoms with Gasteiger partial charge < -0.3 is 15.4 Å². The average Bonchev–Trinajstić information content (AvgIpc) is 3.05. The molecule has 8 heteroatoms. The van der Waals surface area contributed by atoms with Crippen LogP contribution >= 0.6 is 11.6 Å². The second-order valence-electron chi connectivity index (χ2n) is 6.69. The molecule has 0 spiro atoms. The highest BCUT2D eigenvalue weighted by molar-refractivity contribution is 6.31. The van der Waals surface area contributed by atoms with E-state index in [1.807, 2.05) is 6.92 Å². The average molecular weight is 405 g/mol. The number of aryl methyl sites for hydroxylation is 2. The van der Waals surface area contributed by atoms with Crippen molar-refractivity contribution in [1.82, 2.24) is 14.9 Å². The molecule has 1 aromatic carbocycles. The van der Waals surface area contributed by atoms with E-state index in [1.54, 1.807) is 18.7 Å². The summed E-state index contributed by atoms with van der Waals surface area (Å²) >= 11 is 6.14. The van der Waals surface area contributed by atoms with Crippen LogP contribution in [0.25, 0.3) is 5.57 Å². The van der Waals surface area contributed by atoms with Gasteiger partial charge in [0.15, 0.2) is 5.82 Å². The lowest BCUT2D eigenvalue weighted by molar-refractivity contribution is 0.0794. The van der Waals surface area contributed by atoms with Gasteiger partial charge in [0.05, 0.1) is 41.7 Å². The fraction of sp³-hybridized carbons (Fsp3) is 0.350. The van der Waals surface area contributed by atoms with Crippen molar-refractivity contribution in [1.29, 1.82) is 0 Å². The van der Waals surface area contributed by atoms with Crippen LogP contribution in [-0.4, -0.2) is 40.5 Å². The van der Waals surface area contributed by atoms with E-state index in [2.05, 4.69) is 9.97 Å². The Balaban J connectivity index is 1.86. The predicted octanol–water partition coefficient (Wildman–Crippen LogP) is 3.50. The van der Waals surface area contributed by atoms with Gasteiger partial charge in [-0.1, -0.05) is 18.5 Å². The zero-order valence-electron chi connectivity index (χ0n) is 16.1. The molecule has 148 valence electrons. The molecule has 1 aromatic heterocycles. The van der Waals surface area contributed by atoms with Gasteiger partial charge in [-0.2, -0.15) is 0 Å². The van der Waals surface area contributed by atoms with Crippen LogP contribution in [0.3, 0.4) is 0 Å². The Morgan fingerprint density at radius 3 is 2.61 bits per heavy atom. The number of halogens is 2. The van der Waals surface area contributed by atoms with Crippen molar-refractivity contribution in [3.63, 3.8) is 0 Å². The maximum Gasteiger partial charge on any atom is 0.258 e. The summed E-state index contributed by atoms with van der Waals surface area (Å²) in [6, 6.07) is 3.91. The number of hydrogen-bond donors (Lipinski definition) is 1. The summed E-state index contributed by atoms with van der Waals surface area (Å²) in [7, 11) is 0. The minimum absolute atomic E-state index is 0.230. The van der Waals surface area contributed by atoms with E-state index in [9.17, 15) is 9.18 Å². The Kier molecular flexibility index (Phi) is 5.84. The molecule has 0 fully saturated rings. The van der Waals surface area contributed by atoms with Crippen molar-refractivity contribution in [3.05, 3.63) is 57.5 Å². The molecule has 28 heavy (non-hydrogen) atoms. The van der Waals surface area contributed by atoms with Crippen molar-refractivity contribution < 1.29 is 13.9 Å². The molecule has 0 bridgehead atoms. The topological polar surface area (TPSA) is 81.3 Å². The molecule has 1 amide bonds. The second-order valence-corrected chi connectivity index (χ2v) is 7.06. The van der Waals surface area contributed by atoms with Gasteiger partial charge in [-0.25, -0.2) is 14.4 Å². The Bertz CT molecular complexity index is 938. The summed E-state index contributed by atoms with van der Waals surface area (Å²) in [6.07, 6.45) is 0.749. The van der Waals surface area contributed by atoms with Crippen LogP contribution in [0.5, 0.6) is 5.75 Å². The number of carbonyl (C=O) groups excluding carboxylic acids is 1. The molecule has 0 saturated carbocycles. The number of hydrogen-bond acceptors (Lipinski definition) is 5. The lowest BCUT2D eigenvalue weighted by atomic mass is 10.1. The first-order valence-electron chi connectivity index (χ1n) is 9.02. The number of carbonyl (C=O) groups is 1. The van der Waals surface area contributed by atoms with Crippen LogP contribution in [0, 0.1) is 19.7 Å². The number of nitrogens with two attached hydrogens (primary N) is 1. The normalized spacial score (nSPS) is 14.0. The van der Waals surface area contributed by atoms with Crippen molar-refractivity contribution in [3.8, 4) is 5.75 Å². The number of amides is 1. The third kappa shape index (κ3) is 3.94. The Morgan fingerprint density at radius 1 is 1.29 bits per heavy atom. The molecule has 2 heterocycles. The van der Waals surface area contributed by atoms with Gasteiger partial charge in [0.2, 0.25) is 0 Å². The van der Waals surface area contributed by atoms with E-state index in [0.29, 0.717) is 45.7 Å². The van der Waals surface area contributed by atoms with Crippen LogP contribution in [-0.2, 0) is 0 Å². The standard InChI is InChI=1S/C20H22ClFN4O2/c1-4-7-28-17-8-13(22)5-6-14(17)20(27)26-9-15(16(23)10-26)19-24-11(2)18(21)12(3)25-19/h5-6,8H,4,7,9-10,23H2,1-3H3. The van der Waals surface area contributed by atoms with Crippen LogP contribution in [0.4, 0.5) is 4.39 Å². The lowest BCUT2D eigenvalue weighted by Gasteiger charge is -2.19. The number of benzene rings is 1. The maximum atomic E-state index is 13.6. The van der Waals surface area contributed by atoms with Gasteiger partial charge in [-0.15, -0.1) is 0 Å². The highest BCUT2D eigenvalue weighted by Crippen LogP contribution is 2.28. The molecule has 0 unspecified atom stereocenters. The fourth-order valence-corrected chi connectivity index (χ4v) is 3.10. The molecule has 0 atom stereocenters. The molecule has 3 rings (SSSR count). The number of aromatic nitrogens is 2. The van der Waals surface area contributed by atoms with E-state index in [4.69, 9.17) is 22.1 Å². The zero-order valence-corrected chi connectivity index (χ0v) is 16.8. The SMILES string of the molecule is CCCOc1cc(F)ccc1C(=O)N1CC(N)=C(c2nc(C)c(Cl)c(C)n2)C1. The number of nitrogens with zero attached hydrogens (tertiary/aromatic N) is 3. The summed E-state index contributed by atoms with van der Waals surface area (Å²) in [6.45, 7) is 6.43. The van der Waals surface area contributed by atoms with Crippen LogP contribution in [0.1, 0.15) is 40.9 Å². The smallest absolute Gasteiger partial charge is 0.258 e. The third-order valence-corrected chi connectivity index (χ3v) is 5.02. The van der Waals surface area contributed by atoms with Gasteiger partial charge >= 0.3 is 0 Å². The third-order valence-electron chi connectivity index (χ3n) is 4.47. The number of rotatable bonds is 5. The highest BCUT2D eigenvalue weighted by Gasteiger charge is 2.29. The summed E-state index contributed by atoms with van der Waals surface area (Å²) in [5, 5.41) is 0.512. The largest absolute Gasteiger partial charge is 0.493 e. The van der Waals surface area contributed by atoms with Gasteiger partial charge in [0.1, 0.15) is 11.6 Å². The quantitative estimate of drug-likeness (QED) is 0.824. The first-order chi connectivity index (χ1) is 13.3. The van der Waals surface area contributed by atoms with Gasteiger partial charge in [0.25, 0.3) is 5.91 Å². The molecule has 6 nitrogen and oxygen atoms in total. The second kappa shape index (κ2) is 8.14.